The van der Waals surface area contributed by atoms with Gasteiger partial charge < -0.3 is 53.2 Å². The third-order valence-corrected chi connectivity index (χ3v) is 5.78. The maximum Gasteiger partial charge on any atom is 0.326 e. The van der Waals surface area contributed by atoms with Gasteiger partial charge in [-0.2, -0.15) is 0 Å². The number of carbonyl (C=O) groups excluding carboxylic acids is 7. The number of amides is 7. The number of phenols is 1. The van der Waals surface area contributed by atoms with Gasteiger partial charge in [0.05, 0.1) is 26.2 Å². The zero-order chi connectivity index (χ0) is 33.4. The lowest BCUT2D eigenvalue weighted by molar-refractivity contribution is -0.141. The standard InChI is InChI=1S/C26H38N8O10/c1-13(31-19(36)9-27)23(40)28-10-20(37)32-14(2)24(41)29-11-21(38)33-15(3)25(42)30-12-22(39)34-18(26(43)44)8-16-4-6-17(35)7-5-16/h4-7,13-15,18,35H,8-12,27H2,1-3H3,(H,28,40)(H,29,41)(H,30,42)(H,31,36)(H,32,37)(H,33,38)(H,34,39)(H,43,44)/t13-,14-,15-,18-/m0/s1. The van der Waals surface area contributed by atoms with Gasteiger partial charge in [0.25, 0.3) is 0 Å². The predicted octanol–water partition coefficient (Wildman–Crippen LogP) is -4.67. The molecule has 0 aliphatic carbocycles. The van der Waals surface area contributed by atoms with E-state index in [9.17, 15) is 48.6 Å². The lowest BCUT2D eigenvalue weighted by Gasteiger charge is -2.18. The van der Waals surface area contributed by atoms with Crippen LogP contribution in [-0.2, 0) is 44.8 Å². The number of nitrogens with one attached hydrogen (secondary N) is 7. The Morgan fingerprint density at radius 3 is 1.36 bits per heavy atom. The molecule has 0 spiro atoms. The van der Waals surface area contributed by atoms with E-state index in [1.54, 1.807) is 0 Å². The second kappa shape index (κ2) is 18.3. The zero-order valence-corrected chi connectivity index (χ0v) is 24.4. The molecule has 1 rings (SSSR count). The molecule has 7 amide bonds. The quantitative estimate of drug-likeness (QED) is 0.0788. The molecule has 242 valence electrons. The molecular formula is C26H38N8O10. The molecular weight excluding hydrogens is 584 g/mol. The van der Waals surface area contributed by atoms with Gasteiger partial charge in [-0.1, -0.05) is 12.1 Å². The largest absolute Gasteiger partial charge is 0.508 e. The Labute approximate surface area is 252 Å². The SMILES string of the molecule is C[C@H](NC(=O)CN)C(=O)NCC(=O)N[C@@H](C)C(=O)NCC(=O)N[C@@H](C)C(=O)NCC(=O)N[C@@H](Cc1ccc(O)cc1)C(=O)O. The molecule has 0 unspecified atom stereocenters. The van der Waals surface area contributed by atoms with Crippen LogP contribution in [0.1, 0.15) is 26.3 Å². The second-order valence-electron chi connectivity index (χ2n) is 9.55. The fraction of sp³-hybridized carbons (Fsp3) is 0.462. The minimum atomic E-state index is -1.30. The van der Waals surface area contributed by atoms with E-state index in [2.05, 4.69) is 37.2 Å². The first-order valence-electron chi connectivity index (χ1n) is 13.3. The van der Waals surface area contributed by atoms with Gasteiger partial charge in [0.2, 0.25) is 41.4 Å². The van der Waals surface area contributed by atoms with Crippen LogP contribution in [0.25, 0.3) is 0 Å². The number of phenolic OH excluding ortho intramolecular Hbond substituents is 1. The van der Waals surface area contributed by atoms with Crippen molar-refractivity contribution in [3.8, 4) is 5.75 Å². The van der Waals surface area contributed by atoms with Gasteiger partial charge in [0.1, 0.15) is 29.9 Å². The molecule has 18 heteroatoms. The Hall–Kier alpha value is -5.26. The minimum Gasteiger partial charge on any atom is -0.508 e. The fourth-order valence-electron chi connectivity index (χ4n) is 3.36. The van der Waals surface area contributed by atoms with Crippen LogP contribution in [0.2, 0.25) is 0 Å². The van der Waals surface area contributed by atoms with E-state index >= 15 is 0 Å². The molecule has 0 bridgehead atoms. The topological polar surface area (TPSA) is 287 Å². The highest BCUT2D eigenvalue weighted by Crippen LogP contribution is 2.11. The van der Waals surface area contributed by atoms with E-state index < -0.39 is 91.1 Å². The van der Waals surface area contributed by atoms with Crippen molar-refractivity contribution in [3.63, 3.8) is 0 Å². The number of hydrogen-bond acceptors (Lipinski definition) is 10. The fourth-order valence-corrected chi connectivity index (χ4v) is 3.36. The van der Waals surface area contributed by atoms with Crippen LogP contribution in [0.4, 0.5) is 0 Å². The van der Waals surface area contributed by atoms with Crippen molar-refractivity contribution in [1.29, 1.82) is 0 Å². The predicted molar refractivity (Wildman–Crippen MR) is 152 cm³/mol. The molecule has 0 aliphatic rings. The molecule has 1 aromatic carbocycles. The third-order valence-electron chi connectivity index (χ3n) is 5.78. The second-order valence-corrected chi connectivity index (χ2v) is 9.55. The molecule has 0 fully saturated rings. The molecule has 0 radical (unpaired) electrons. The Balaban J connectivity index is 2.39. The summed E-state index contributed by atoms with van der Waals surface area (Å²) in [4.78, 5) is 95.5. The van der Waals surface area contributed by atoms with Crippen molar-refractivity contribution in [3.05, 3.63) is 29.8 Å². The maximum atomic E-state index is 12.3. The molecule has 44 heavy (non-hydrogen) atoms. The van der Waals surface area contributed by atoms with Crippen LogP contribution < -0.4 is 43.0 Å². The van der Waals surface area contributed by atoms with Crippen LogP contribution >= 0.6 is 0 Å². The summed E-state index contributed by atoms with van der Waals surface area (Å²) in [6.45, 7) is 2.11. The van der Waals surface area contributed by atoms with Crippen molar-refractivity contribution in [2.75, 3.05) is 26.2 Å². The van der Waals surface area contributed by atoms with Crippen molar-refractivity contribution < 1.29 is 48.6 Å². The van der Waals surface area contributed by atoms with Gasteiger partial charge in [0.15, 0.2) is 0 Å². The summed E-state index contributed by atoms with van der Waals surface area (Å²) < 4.78 is 0. The van der Waals surface area contributed by atoms with Crippen molar-refractivity contribution in [2.24, 2.45) is 5.73 Å². The first kappa shape index (κ1) is 36.8. The van der Waals surface area contributed by atoms with Gasteiger partial charge in [-0.15, -0.1) is 0 Å². The molecule has 0 aliphatic heterocycles. The summed E-state index contributed by atoms with van der Waals surface area (Å²) in [5.41, 5.74) is 5.69. The van der Waals surface area contributed by atoms with Crippen LogP contribution in [0.5, 0.6) is 5.75 Å². The number of carboxylic acids is 1. The number of benzene rings is 1. The summed E-state index contributed by atoms with van der Waals surface area (Å²) in [5, 5.41) is 34.8. The van der Waals surface area contributed by atoms with Crippen LogP contribution in [0.15, 0.2) is 24.3 Å². The van der Waals surface area contributed by atoms with Crippen molar-refractivity contribution in [2.45, 2.75) is 51.4 Å². The number of aromatic hydroxyl groups is 1. The van der Waals surface area contributed by atoms with E-state index in [1.165, 1.54) is 45.0 Å². The van der Waals surface area contributed by atoms with E-state index in [1.807, 2.05) is 0 Å². The lowest BCUT2D eigenvalue weighted by Crippen LogP contribution is -2.53. The summed E-state index contributed by atoms with van der Waals surface area (Å²) in [6.07, 6.45) is -0.0673. The smallest absolute Gasteiger partial charge is 0.326 e. The molecule has 4 atom stereocenters. The van der Waals surface area contributed by atoms with E-state index in [0.29, 0.717) is 5.56 Å². The van der Waals surface area contributed by atoms with Crippen LogP contribution in [0, 0.1) is 0 Å². The number of carboxylic acid groups (broad SMARTS) is 1. The molecule has 0 saturated heterocycles. The summed E-state index contributed by atoms with van der Waals surface area (Å²) >= 11 is 0. The number of nitrogens with two attached hydrogens (primary N) is 1. The first-order valence-corrected chi connectivity index (χ1v) is 13.3. The van der Waals surface area contributed by atoms with E-state index in [0.717, 1.165) is 0 Å². The zero-order valence-electron chi connectivity index (χ0n) is 24.4. The molecule has 18 nitrogen and oxygen atoms in total. The highest BCUT2D eigenvalue weighted by molar-refractivity contribution is 5.95. The van der Waals surface area contributed by atoms with Gasteiger partial charge >= 0.3 is 5.97 Å². The van der Waals surface area contributed by atoms with Gasteiger partial charge in [-0.05, 0) is 38.5 Å². The first-order chi connectivity index (χ1) is 20.6. The molecule has 11 N–H and O–H groups in total. The monoisotopic (exact) mass is 622 g/mol. The van der Waals surface area contributed by atoms with Gasteiger partial charge in [-0.3, -0.25) is 33.6 Å². The Kier molecular flexibility index (Phi) is 15.3. The Morgan fingerprint density at radius 2 is 1.00 bits per heavy atom. The molecule has 0 aromatic heterocycles. The number of carbonyl (C=O) groups is 8. The third kappa shape index (κ3) is 14.1. The maximum absolute atomic E-state index is 12.3. The summed E-state index contributed by atoms with van der Waals surface area (Å²) in [7, 11) is 0. The van der Waals surface area contributed by atoms with Crippen LogP contribution in [-0.4, -0.2) is 108 Å². The van der Waals surface area contributed by atoms with Gasteiger partial charge in [0, 0.05) is 6.42 Å². The summed E-state index contributed by atoms with van der Waals surface area (Å²) in [5.74, 6) is -6.28. The highest BCUT2D eigenvalue weighted by atomic mass is 16.4. The average Bonchev–Trinajstić information content (AvgIpc) is 2.97. The van der Waals surface area contributed by atoms with Crippen molar-refractivity contribution in [1.82, 2.24) is 37.2 Å². The number of hydrogen-bond donors (Lipinski definition) is 10. The van der Waals surface area contributed by atoms with E-state index in [-0.39, 0.29) is 18.7 Å². The normalized spacial score (nSPS) is 13.1. The Bertz CT molecular complexity index is 1220. The average molecular weight is 623 g/mol. The lowest BCUT2D eigenvalue weighted by atomic mass is 10.1. The number of aliphatic carboxylic acids is 1. The number of rotatable bonds is 17. The highest BCUT2D eigenvalue weighted by Gasteiger charge is 2.23. The molecule has 1 aromatic rings. The minimum absolute atomic E-state index is 0.00221. The summed E-state index contributed by atoms with van der Waals surface area (Å²) in [6, 6.07) is 1.29. The van der Waals surface area contributed by atoms with Crippen molar-refractivity contribution >= 4 is 47.3 Å². The van der Waals surface area contributed by atoms with E-state index in [4.69, 9.17) is 5.73 Å². The van der Waals surface area contributed by atoms with Gasteiger partial charge in [-0.25, -0.2) is 4.79 Å². The molecule has 0 heterocycles. The molecule has 0 saturated carbocycles. The van der Waals surface area contributed by atoms with Crippen LogP contribution in [0.3, 0.4) is 0 Å². The Morgan fingerprint density at radius 1 is 0.636 bits per heavy atom.